The SMILES string of the molecule is CC.CC.O=C(CC(=O)Oc1ccccc1)Oc1ccccc1. The minimum Gasteiger partial charge on any atom is -0.426 e. The van der Waals surface area contributed by atoms with Gasteiger partial charge in [-0.25, -0.2) is 0 Å². The topological polar surface area (TPSA) is 52.6 Å². The summed E-state index contributed by atoms with van der Waals surface area (Å²) in [7, 11) is 0. The fourth-order valence-electron chi connectivity index (χ4n) is 1.43. The molecular weight excluding hydrogens is 292 g/mol. The van der Waals surface area contributed by atoms with E-state index in [0.717, 1.165) is 0 Å². The Morgan fingerprint density at radius 1 is 0.652 bits per heavy atom. The summed E-state index contributed by atoms with van der Waals surface area (Å²) in [5.74, 6) is -0.487. The van der Waals surface area contributed by atoms with Crippen molar-refractivity contribution in [1.82, 2.24) is 0 Å². The number of carbonyl (C=O) groups is 2. The van der Waals surface area contributed by atoms with Crippen LogP contribution in [-0.2, 0) is 9.59 Å². The van der Waals surface area contributed by atoms with Crippen molar-refractivity contribution in [2.75, 3.05) is 0 Å². The highest BCUT2D eigenvalue weighted by Gasteiger charge is 2.13. The van der Waals surface area contributed by atoms with Gasteiger partial charge in [0.15, 0.2) is 0 Å². The van der Waals surface area contributed by atoms with E-state index in [1.165, 1.54) is 0 Å². The van der Waals surface area contributed by atoms with Gasteiger partial charge in [-0.3, -0.25) is 9.59 Å². The van der Waals surface area contributed by atoms with Crippen LogP contribution in [0.5, 0.6) is 11.5 Å². The molecular formula is C19H24O4. The first-order valence-electron chi connectivity index (χ1n) is 7.75. The molecule has 124 valence electrons. The van der Waals surface area contributed by atoms with E-state index < -0.39 is 18.4 Å². The largest absolute Gasteiger partial charge is 0.426 e. The second-order valence-corrected chi connectivity index (χ2v) is 3.75. The lowest BCUT2D eigenvalue weighted by Crippen LogP contribution is -2.18. The van der Waals surface area contributed by atoms with Gasteiger partial charge in [-0.15, -0.1) is 0 Å². The first-order chi connectivity index (χ1) is 11.2. The zero-order valence-corrected chi connectivity index (χ0v) is 14.1. The van der Waals surface area contributed by atoms with E-state index in [-0.39, 0.29) is 0 Å². The molecule has 0 aliphatic carbocycles. The molecule has 0 saturated carbocycles. The van der Waals surface area contributed by atoms with Crippen LogP contribution in [0.25, 0.3) is 0 Å². The fraction of sp³-hybridized carbons (Fsp3) is 0.263. The standard InChI is InChI=1S/C15H12O4.2C2H6/c16-14(18-12-7-3-1-4-8-12)11-15(17)19-13-9-5-2-6-10-13;2*1-2/h1-10H,11H2;2*1-2H3. The molecule has 0 amide bonds. The highest BCUT2D eigenvalue weighted by molar-refractivity contribution is 5.93. The van der Waals surface area contributed by atoms with Crippen molar-refractivity contribution in [3.05, 3.63) is 60.7 Å². The Morgan fingerprint density at radius 3 is 1.26 bits per heavy atom. The first-order valence-corrected chi connectivity index (χ1v) is 7.75. The van der Waals surface area contributed by atoms with E-state index in [1.54, 1.807) is 60.7 Å². The van der Waals surface area contributed by atoms with Gasteiger partial charge in [0.2, 0.25) is 0 Å². The summed E-state index contributed by atoms with van der Waals surface area (Å²) in [4.78, 5) is 23.0. The van der Waals surface area contributed by atoms with E-state index >= 15 is 0 Å². The summed E-state index contributed by atoms with van der Waals surface area (Å²) in [6.45, 7) is 8.00. The molecule has 23 heavy (non-hydrogen) atoms. The number of hydrogen-bond acceptors (Lipinski definition) is 4. The molecule has 0 aromatic heterocycles. The lowest BCUT2D eigenvalue weighted by atomic mass is 10.3. The minimum absolute atomic E-state index is 0.403. The minimum atomic E-state index is -0.646. The zero-order chi connectivity index (χ0) is 17.5. The van der Waals surface area contributed by atoms with Crippen molar-refractivity contribution in [3.63, 3.8) is 0 Å². The van der Waals surface area contributed by atoms with Gasteiger partial charge in [-0.1, -0.05) is 64.1 Å². The lowest BCUT2D eigenvalue weighted by Gasteiger charge is -2.04. The van der Waals surface area contributed by atoms with E-state index in [0.29, 0.717) is 11.5 Å². The Balaban J connectivity index is 0.00000112. The molecule has 0 aliphatic heterocycles. The van der Waals surface area contributed by atoms with Gasteiger partial charge in [0.05, 0.1) is 0 Å². The van der Waals surface area contributed by atoms with Crippen LogP contribution in [0.1, 0.15) is 34.1 Å². The average molecular weight is 316 g/mol. The first kappa shape index (κ1) is 20.4. The molecule has 2 aromatic rings. The van der Waals surface area contributed by atoms with Crippen LogP contribution in [0.2, 0.25) is 0 Å². The summed E-state index contributed by atoms with van der Waals surface area (Å²) in [5.41, 5.74) is 0. The summed E-state index contributed by atoms with van der Waals surface area (Å²) in [6.07, 6.45) is -0.427. The van der Waals surface area contributed by atoms with E-state index in [9.17, 15) is 9.59 Å². The summed E-state index contributed by atoms with van der Waals surface area (Å²) < 4.78 is 9.97. The van der Waals surface area contributed by atoms with Gasteiger partial charge in [0, 0.05) is 0 Å². The maximum atomic E-state index is 11.5. The van der Waals surface area contributed by atoms with Crippen molar-refractivity contribution in [3.8, 4) is 11.5 Å². The van der Waals surface area contributed by atoms with Gasteiger partial charge in [-0.2, -0.15) is 0 Å². The summed E-state index contributed by atoms with van der Waals surface area (Å²) in [6, 6.07) is 17.1. The maximum Gasteiger partial charge on any atom is 0.322 e. The maximum absolute atomic E-state index is 11.5. The number of ether oxygens (including phenoxy) is 2. The molecule has 0 radical (unpaired) electrons. The number of rotatable bonds is 4. The van der Waals surface area contributed by atoms with E-state index in [4.69, 9.17) is 9.47 Å². The Hall–Kier alpha value is -2.62. The Kier molecular flexibility index (Phi) is 11.6. The molecule has 0 atom stereocenters. The van der Waals surface area contributed by atoms with Crippen LogP contribution in [0.4, 0.5) is 0 Å². The number of carbonyl (C=O) groups excluding carboxylic acids is 2. The molecule has 0 fully saturated rings. The highest BCUT2D eigenvalue weighted by atomic mass is 16.6. The molecule has 0 spiro atoms. The molecule has 0 heterocycles. The molecule has 2 aromatic carbocycles. The van der Waals surface area contributed by atoms with Crippen LogP contribution >= 0.6 is 0 Å². The average Bonchev–Trinajstić information content (AvgIpc) is 2.60. The van der Waals surface area contributed by atoms with Crippen LogP contribution < -0.4 is 9.47 Å². The molecule has 0 saturated heterocycles. The van der Waals surface area contributed by atoms with Crippen molar-refractivity contribution >= 4 is 11.9 Å². The predicted octanol–water partition coefficient (Wildman–Crippen LogP) is 4.64. The zero-order valence-electron chi connectivity index (χ0n) is 14.1. The molecule has 0 aliphatic rings. The lowest BCUT2D eigenvalue weighted by molar-refractivity contribution is -0.144. The number of benzene rings is 2. The van der Waals surface area contributed by atoms with Gasteiger partial charge in [-0.05, 0) is 24.3 Å². The van der Waals surface area contributed by atoms with Crippen LogP contribution in [0.3, 0.4) is 0 Å². The number of esters is 2. The smallest absolute Gasteiger partial charge is 0.322 e. The third-order valence-electron chi connectivity index (χ3n) is 2.24. The van der Waals surface area contributed by atoms with Crippen molar-refractivity contribution in [2.24, 2.45) is 0 Å². The van der Waals surface area contributed by atoms with Crippen molar-refractivity contribution in [2.45, 2.75) is 34.1 Å². The van der Waals surface area contributed by atoms with Gasteiger partial charge >= 0.3 is 11.9 Å². The number of hydrogen-bond donors (Lipinski definition) is 0. The third-order valence-corrected chi connectivity index (χ3v) is 2.24. The Labute approximate surface area is 138 Å². The summed E-state index contributed by atoms with van der Waals surface area (Å²) in [5, 5.41) is 0. The normalized spacial score (nSPS) is 8.52. The molecule has 0 bridgehead atoms. The van der Waals surface area contributed by atoms with E-state index in [1.807, 2.05) is 27.7 Å². The van der Waals surface area contributed by atoms with Crippen LogP contribution in [0.15, 0.2) is 60.7 Å². The predicted molar refractivity (Wildman–Crippen MR) is 91.5 cm³/mol. The highest BCUT2D eigenvalue weighted by Crippen LogP contribution is 2.11. The monoisotopic (exact) mass is 316 g/mol. The van der Waals surface area contributed by atoms with Gasteiger partial charge < -0.3 is 9.47 Å². The second kappa shape index (κ2) is 13.1. The molecule has 0 unspecified atom stereocenters. The van der Waals surface area contributed by atoms with Gasteiger partial charge in [0.25, 0.3) is 0 Å². The van der Waals surface area contributed by atoms with Crippen LogP contribution in [0, 0.1) is 0 Å². The summed E-state index contributed by atoms with van der Waals surface area (Å²) >= 11 is 0. The van der Waals surface area contributed by atoms with E-state index in [2.05, 4.69) is 0 Å². The molecule has 4 nitrogen and oxygen atoms in total. The number of para-hydroxylation sites is 2. The van der Waals surface area contributed by atoms with Gasteiger partial charge in [0.1, 0.15) is 17.9 Å². The fourth-order valence-corrected chi connectivity index (χ4v) is 1.43. The third kappa shape index (κ3) is 9.09. The second-order valence-electron chi connectivity index (χ2n) is 3.75. The quantitative estimate of drug-likeness (QED) is 0.468. The van der Waals surface area contributed by atoms with Crippen molar-refractivity contribution < 1.29 is 19.1 Å². The molecule has 0 N–H and O–H groups in total. The Morgan fingerprint density at radius 2 is 0.957 bits per heavy atom. The molecule has 2 rings (SSSR count). The van der Waals surface area contributed by atoms with Crippen LogP contribution in [-0.4, -0.2) is 11.9 Å². The Bertz CT molecular complexity index is 499. The molecule has 4 heteroatoms. The van der Waals surface area contributed by atoms with Crippen molar-refractivity contribution in [1.29, 1.82) is 0 Å².